The van der Waals surface area contributed by atoms with Gasteiger partial charge in [-0.1, -0.05) is 42.6 Å². The van der Waals surface area contributed by atoms with E-state index in [-0.39, 0.29) is 0 Å². The van der Waals surface area contributed by atoms with Crippen LogP contribution >= 0.6 is 23.2 Å². The molecule has 0 bridgehead atoms. The number of rotatable bonds is 4. The molecule has 4 nitrogen and oxygen atoms in total. The van der Waals surface area contributed by atoms with Gasteiger partial charge in [0.2, 0.25) is 0 Å². The van der Waals surface area contributed by atoms with Gasteiger partial charge in [-0.25, -0.2) is 4.79 Å². The van der Waals surface area contributed by atoms with E-state index in [0.29, 0.717) is 38.9 Å². The molecule has 24 heavy (non-hydrogen) atoms. The number of ether oxygens (including phenoxy) is 1. The number of carbonyl (C=O) groups excluding carboxylic acids is 1. The van der Waals surface area contributed by atoms with Gasteiger partial charge in [-0.15, -0.1) is 0 Å². The molecule has 1 aliphatic rings. The molecule has 1 atom stereocenters. The van der Waals surface area contributed by atoms with Crippen LogP contribution < -0.4 is 5.32 Å². The third-order valence-corrected chi connectivity index (χ3v) is 4.51. The maximum absolute atomic E-state index is 12.5. The Balaban J connectivity index is 2.73. The van der Waals surface area contributed by atoms with E-state index >= 15 is 0 Å². The van der Waals surface area contributed by atoms with Crippen molar-refractivity contribution in [3.8, 4) is 6.07 Å². The Morgan fingerprint density at radius 1 is 1.42 bits per heavy atom. The Bertz CT molecular complexity index is 776. The molecule has 0 spiro atoms. The van der Waals surface area contributed by atoms with E-state index in [9.17, 15) is 10.1 Å². The van der Waals surface area contributed by atoms with E-state index in [1.807, 2.05) is 13.8 Å². The van der Waals surface area contributed by atoms with Crippen molar-refractivity contribution in [2.24, 2.45) is 0 Å². The minimum Gasteiger partial charge on any atom is -0.466 e. The number of hydrogen-bond acceptors (Lipinski definition) is 4. The van der Waals surface area contributed by atoms with Crippen LogP contribution in [0.25, 0.3) is 0 Å². The molecule has 0 saturated carbocycles. The summed E-state index contributed by atoms with van der Waals surface area (Å²) in [5.41, 5.74) is 3.00. The maximum atomic E-state index is 12.5. The summed E-state index contributed by atoms with van der Waals surface area (Å²) in [6.07, 6.45) is 1.52. The largest absolute Gasteiger partial charge is 0.466 e. The van der Waals surface area contributed by atoms with Gasteiger partial charge in [-0.2, -0.15) is 5.26 Å². The van der Waals surface area contributed by atoms with Crippen LogP contribution in [0.1, 0.15) is 38.2 Å². The number of carbonyl (C=O) groups is 1. The number of nitrogens with zero attached hydrogens (tertiary/aromatic N) is 1. The normalized spacial score (nSPS) is 17.4. The standard InChI is InChI=1S/C18H18Cl2N2O2/c1-4-5-15-17(18(23)24-3)16(13(9-21)10(2)22-15)12-7-6-11(19)8-14(12)20/h6-8,16,22H,4-5H2,1-3H3. The molecule has 1 aromatic rings. The summed E-state index contributed by atoms with van der Waals surface area (Å²) >= 11 is 12.3. The van der Waals surface area contributed by atoms with Crippen molar-refractivity contribution in [3.63, 3.8) is 0 Å². The lowest BCUT2D eigenvalue weighted by Crippen LogP contribution is -2.29. The van der Waals surface area contributed by atoms with E-state index in [1.54, 1.807) is 18.2 Å². The van der Waals surface area contributed by atoms with E-state index in [2.05, 4.69) is 11.4 Å². The molecule has 1 unspecified atom stereocenters. The predicted octanol–water partition coefficient (Wildman–Crippen LogP) is 4.70. The number of allylic oxidation sites excluding steroid dienone is 3. The quantitative estimate of drug-likeness (QED) is 0.786. The first-order valence-corrected chi connectivity index (χ1v) is 8.34. The number of nitrogens with one attached hydrogen (secondary N) is 1. The number of dihydropyridines is 1. The molecule has 2 rings (SSSR count). The lowest BCUT2D eigenvalue weighted by atomic mass is 9.80. The monoisotopic (exact) mass is 364 g/mol. The molecule has 1 N–H and O–H groups in total. The van der Waals surface area contributed by atoms with Gasteiger partial charge in [0.05, 0.1) is 30.2 Å². The number of benzene rings is 1. The molecule has 1 aliphatic heterocycles. The summed E-state index contributed by atoms with van der Waals surface area (Å²) < 4.78 is 4.97. The topological polar surface area (TPSA) is 62.1 Å². The SMILES string of the molecule is CCCC1=C(C(=O)OC)C(c2ccc(Cl)cc2Cl)C(C#N)=C(C)N1. The summed E-state index contributed by atoms with van der Waals surface area (Å²) in [6, 6.07) is 7.26. The van der Waals surface area contributed by atoms with E-state index in [1.165, 1.54) is 7.11 Å². The van der Waals surface area contributed by atoms with Gasteiger partial charge in [0.1, 0.15) is 0 Å². The average molecular weight is 365 g/mol. The minimum absolute atomic E-state index is 0.409. The molecule has 0 amide bonds. The fourth-order valence-corrected chi connectivity index (χ4v) is 3.41. The number of esters is 1. The second-order valence-electron chi connectivity index (χ2n) is 5.51. The van der Waals surface area contributed by atoms with Gasteiger partial charge in [0, 0.05) is 21.4 Å². The zero-order chi connectivity index (χ0) is 17.9. The molecule has 126 valence electrons. The number of halogens is 2. The zero-order valence-corrected chi connectivity index (χ0v) is 15.3. The lowest BCUT2D eigenvalue weighted by Gasteiger charge is -2.30. The first kappa shape index (κ1) is 18.4. The van der Waals surface area contributed by atoms with Gasteiger partial charge in [0.25, 0.3) is 0 Å². The molecular weight excluding hydrogens is 347 g/mol. The minimum atomic E-state index is -0.574. The van der Waals surface area contributed by atoms with Crippen molar-refractivity contribution < 1.29 is 9.53 Å². The number of nitriles is 1. The summed E-state index contributed by atoms with van der Waals surface area (Å²) in [4.78, 5) is 12.5. The third-order valence-electron chi connectivity index (χ3n) is 3.94. The Morgan fingerprint density at radius 3 is 2.67 bits per heavy atom. The van der Waals surface area contributed by atoms with Crippen LogP contribution in [0.5, 0.6) is 0 Å². The van der Waals surface area contributed by atoms with Crippen LogP contribution in [0.2, 0.25) is 10.0 Å². The third kappa shape index (κ3) is 3.43. The van der Waals surface area contributed by atoms with Crippen molar-refractivity contribution in [3.05, 3.63) is 56.3 Å². The van der Waals surface area contributed by atoms with Gasteiger partial charge < -0.3 is 10.1 Å². The van der Waals surface area contributed by atoms with E-state index in [4.69, 9.17) is 27.9 Å². The van der Waals surface area contributed by atoms with Gasteiger partial charge >= 0.3 is 5.97 Å². The van der Waals surface area contributed by atoms with Crippen molar-refractivity contribution in [1.29, 1.82) is 5.26 Å². The summed E-state index contributed by atoms with van der Waals surface area (Å²) in [7, 11) is 1.33. The summed E-state index contributed by atoms with van der Waals surface area (Å²) in [5.74, 6) is -1.04. The van der Waals surface area contributed by atoms with Crippen molar-refractivity contribution in [1.82, 2.24) is 5.32 Å². The highest BCUT2D eigenvalue weighted by Crippen LogP contribution is 2.42. The van der Waals surface area contributed by atoms with Gasteiger partial charge in [-0.3, -0.25) is 0 Å². The molecule has 1 aromatic carbocycles. The average Bonchev–Trinajstić information content (AvgIpc) is 2.54. The second kappa shape index (κ2) is 7.74. The fourth-order valence-electron chi connectivity index (χ4n) is 2.89. The summed E-state index contributed by atoms with van der Waals surface area (Å²) in [5, 5.41) is 13.7. The molecule has 0 saturated heterocycles. The molecule has 6 heteroatoms. The molecule has 1 heterocycles. The highest BCUT2D eigenvalue weighted by atomic mass is 35.5. The van der Waals surface area contributed by atoms with Crippen molar-refractivity contribution >= 4 is 29.2 Å². The Kier molecular flexibility index (Phi) is 5.93. The summed E-state index contributed by atoms with van der Waals surface area (Å²) in [6.45, 7) is 3.84. The molecule has 0 fully saturated rings. The smallest absolute Gasteiger partial charge is 0.336 e. The first-order valence-electron chi connectivity index (χ1n) is 7.58. The number of methoxy groups -OCH3 is 1. The van der Waals surface area contributed by atoms with Gasteiger partial charge in [-0.05, 0) is 31.0 Å². The van der Waals surface area contributed by atoms with E-state index in [0.717, 1.165) is 12.1 Å². The van der Waals surface area contributed by atoms with E-state index < -0.39 is 11.9 Å². The number of hydrogen-bond donors (Lipinski definition) is 1. The Morgan fingerprint density at radius 2 is 2.12 bits per heavy atom. The highest BCUT2D eigenvalue weighted by Gasteiger charge is 2.35. The Labute approximate surface area is 151 Å². The molecule has 0 aromatic heterocycles. The molecule has 0 aliphatic carbocycles. The fraction of sp³-hybridized carbons (Fsp3) is 0.333. The van der Waals surface area contributed by atoms with Gasteiger partial charge in [0.15, 0.2) is 0 Å². The maximum Gasteiger partial charge on any atom is 0.336 e. The van der Waals surface area contributed by atoms with Crippen LogP contribution in [-0.4, -0.2) is 13.1 Å². The highest BCUT2D eigenvalue weighted by molar-refractivity contribution is 6.35. The molecular formula is C18H18Cl2N2O2. The van der Waals surface area contributed by atoms with Crippen LogP contribution in [0.4, 0.5) is 0 Å². The zero-order valence-electron chi connectivity index (χ0n) is 13.7. The van der Waals surface area contributed by atoms with Crippen molar-refractivity contribution in [2.75, 3.05) is 7.11 Å². The van der Waals surface area contributed by atoms with Crippen LogP contribution in [0.15, 0.2) is 40.7 Å². The second-order valence-corrected chi connectivity index (χ2v) is 6.35. The Hall–Kier alpha value is -1.96. The molecule has 0 radical (unpaired) electrons. The van der Waals surface area contributed by atoms with Crippen LogP contribution in [-0.2, 0) is 9.53 Å². The lowest BCUT2D eigenvalue weighted by molar-refractivity contribution is -0.136. The first-order chi connectivity index (χ1) is 11.4. The predicted molar refractivity (Wildman–Crippen MR) is 94.6 cm³/mol. The van der Waals surface area contributed by atoms with Crippen molar-refractivity contribution in [2.45, 2.75) is 32.6 Å². The van der Waals surface area contributed by atoms with Crippen LogP contribution in [0, 0.1) is 11.3 Å². The van der Waals surface area contributed by atoms with Crippen LogP contribution in [0.3, 0.4) is 0 Å².